The van der Waals surface area contributed by atoms with E-state index in [0.717, 1.165) is 12.3 Å². The molecule has 1 rings (SSSR count). The first kappa shape index (κ1) is 21.3. The quantitative estimate of drug-likeness (QED) is 0.194. The maximum absolute atomic E-state index is 11.2. The summed E-state index contributed by atoms with van der Waals surface area (Å²) in [5.41, 5.74) is 0.494. The Morgan fingerprint density at radius 1 is 0.833 bits per heavy atom. The van der Waals surface area contributed by atoms with E-state index in [-0.39, 0.29) is 5.97 Å². The van der Waals surface area contributed by atoms with Crippen molar-refractivity contribution < 1.29 is 9.53 Å². The average molecular weight is 337 g/mol. The topological polar surface area (TPSA) is 26.3 Å². The minimum absolute atomic E-state index is 0.251. The molecule has 0 aromatic heterocycles. The van der Waals surface area contributed by atoms with Gasteiger partial charge in [0.05, 0.1) is 6.61 Å². The lowest BCUT2D eigenvalue weighted by atomic mass is 9.85. The van der Waals surface area contributed by atoms with E-state index in [9.17, 15) is 4.79 Å². The van der Waals surface area contributed by atoms with Gasteiger partial charge in [0.25, 0.3) is 0 Å². The van der Waals surface area contributed by atoms with Crippen molar-refractivity contribution in [2.45, 2.75) is 110 Å². The van der Waals surface area contributed by atoms with Crippen LogP contribution in [-0.4, -0.2) is 12.6 Å². The van der Waals surface area contributed by atoms with Crippen LogP contribution in [0, 0.1) is 5.92 Å². The van der Waals surface area contributed by atoms with Gasteiger partial charge in [0.2, 0.25) is 0 Å². The number of carbonyl (C=O) groups is 1. The number of carbonyl (C=O) groups excluding carboxylic acids is 1. The Morgan fingerprint density at radius 3 is 1.88 bits per heavy atom. The number of esters is 1. The van der Waals surface area contributed by atoms with E-state index in [1.807, 2.05) is 0 Å². The molecule has 0 N–H and O–H groups in total. The molecule has 0 aromatic rings. The van der Waals surface area contributed by atoms with Crippen LogP contribution < -0.4 is 0 Å². The normalized spacial score (nSPS) is 15.4. The molecule has 0 aromatic carbocycles. The molecule has 1 aliphatic carbocycles. The standard InChI is InChI=1S/C22H40O2/c1-20(2)22(23)24-19-15-10-8-6-4-3-5-7-9-12-16-21-17-13-11-14-18-21/h21H,1,3-19H2,2H3. The number of hydrogen-bond donors (Lipinski definition) is 0. The van der Waals surface area contributed by atoms with Gasteiger partial charge in [-0.05, 0) is 19.3 Å². The summed E-state index contributed by atoms with van der Waals surface area (Å²) in [6.45, 7) is 5.82. The third-order valence-electron chi connectivity index (χ3n) is 5.31. The van der Waals surface area contributed by atoms with Crippen LogP contribution in [-0.2, 0) is 9.53 Å². The van der Waals surface area contributed by atoms with Gasteiger partial charge in [-0.15, -0.1) is 0 Å². The van der Waals surface area contributed by atoms with E-state index in [1.165, 1.54) is 96.3 Å². The van der Waals surface area contributed by atoms with Crippen molar-refractivity contribution in [1.29, 1.82) is 0 Å². The van der Waals surface area contributed by atoms with E-state index in [4.69, 9.17) is 4.74 Å². The molecule has 24 heavy (non-hydrogen) atoms. The SMILES string of the molecule is C=C(C)C(=O)OCCCCCCCCCCCCC1CCCCC1. The number of ether oxygens (including phenoxy) is 1. The minimum atomic E-state index is -0.251. The van der Waals surface area contributed by atoms with Crippen LogP contribution >= 0.6 is 0 Å². The highest BCUT2D eigenvalue weighted by Gasteiger charge is 2.12. The molecule has 1 saturated carbocycles. The number of unbranched alkanes of at least 4 members (excludes halogenated alkanes) is 9. The van der Waals surface area contributed by atoms with Gasteiger partial charge in [-0.3, -0.25) is 0 Å². The van der Waals surface area contributed by atoms with Crippen LogP contribution in [0.2, 0.25) is 0 Å². The first-order valence-corrected chi connectivity index (χ1v) is 10.5. The predicted octanol–water partition coefficient (Wildman–Crippen LogP) is 6.98. The lowest BCUT2D eigenvalue weighted by Gasteiger charge is -2.21. The van der Waals surface area contributed by atoms with Gasteiger partial charge >= 0.3 is 5.97 Å². The molecule has 0 spiro atoms. The van der Waals surface area contributed by atoms with Gasteiger partial charge in [-0.25, -0.2) is 4.79 Å². The fourth-order valence-corrected chi connectivity index (χ4v) is 3.71. The zero-order valence-electron chi connectivity index (χ0n) is 16.1. The van der Waals surface area contributed by atoms with Crippen molar-refractivity contribution in [2.24, 2.45) is 5.92 Å². The summed E-state index contributed by atoms with van der Waals surface area (Å²) >= 11 is 0. The van der Waals surface area contributed by atoms with Gasteiger partial charge in [0.1, 0.15) is 0 Å². The van der Waals surface area contributed by atoms with Gasteiger partial charge in [0.15, 0.2) is 0 Å². The summed E-state index contributed by atoms with van der Waals surface area (Å²) in [6.07, 6.45) is 22.3. The molecule has 0 amide bonds. The zero-order valence-corrected chi connectivity index (χ0v) is 16.1. The van der Waals surface area contributed by atoms with E-state index in [2.05, 4.69) is 6.58 Å². The van der Waals surface area contributed by atoms with E-state index < -0.39 is 0 Å². The van der Waals surface area contributed by atoms with E-state index in [0.29, 0.717) is 12.2 Å². The Kier molecular flexibility index (Phi) is 12.9. The zero-order chi connectivity index (χ0) is 17.5. The molecule has 0 radical (unpaired) electrons. The Bertz CT molecular complexity index is 329. The molecule has 2 nitrogen and oxygen atoms in total. The van der Waals surface area contributed by atoms with E-state index >= 15 is 0 Å². The van der Waals surface area contributed by atoms with Gasteiger partial charge in [-0.1, -0.05) is 103 Å². The highest BCUT2D eigenvalue weighted by molar-refractivity contribution is 5.86. The second kappa shape index (κ2) is 14.5. The van der Waals surface area contributed by atoms with E-state index in [1.54, 1.807) is 6.92 Å². The molecule has 0 heterocycles. The molecule has 0 aliphatic heterocycles. The molecule has 1 fully saturated rings. The highest BCUT2D eigenvalue weighted by atomic mass is 16.5. The summed E-state index contributed by atoms with van der Waals surface area (Å²) < 4.78 is 5.09. The van der Waals surface area contributed by atoms with Crippen molar-refractivity contribution >= 4 is 5.97 Å². The predicted molar refractivity (Wildman–Crippen MR) is 103 cm³/mol. The third kappa shape index (κ3) is 11.7. The molecule has 0 saturated heterocycles. The Hall–Kier alpha value is -0.790. The molecule has 140 valence electrons. The molecule has 1 aliphatic rings. The summed E-state index contributed by atoms with van der Waals surface area (Å²) in [5.74, 6) is 0.812. The summed E-state index contributed by atoms with van der Waals surface area (Å²) in [7, 11) is 0. The monoisotopic (exact) mass is 336 g/mol. The Morgan fingerprint density at radius 2 is 1.33 bits per heavy atom. The summed E-state index contributed by atoms with van der Waals surface area (Å²) in [6, 6.07) is 0. The van der Waals surface area contributed by atoms with Crippen molar-refractivity contribution in [3.8, 4) is 0 Å². The van der Waals surface area contributed by atoms with Crippen LogP contribution in [0.1, 0.15) is 110 Å². The van der Waals surface area contributed by atoms with Gasteiger partial charge < -0.3 is 4.74 Å². The van der Waals surface area contributed by atoms with Crippen molar-refractivity contribution in [3.05, 3.63) is 12.2 Å². The third-order valence-corrected chi connectivity index (χ3v) is 5.31. The fourth-order valence-electron chi connectivity index (χ4n) is 3.71. The Balaban J connectivity index is 1.73. The lowest BCUT2D eigenvalue weighted by Crippen LogP contribution is -2.05. The second-order valence-electron chi connectivity index (χ2n) is 7.74. The molecular weight excluding hydrogens is 296 g/mol. The van der Waals surface area contributed by atoms with Crippen LogP contribution in [0.25, 0.3) is 0 Å². The molecule has 0 atom stereocenters. The number of rotatable bonds is 14. The minimum Gasteiger partial charge on any atom is -0.462 e. The highest BCUT2D eigenvalue weighted by Crippen LogP contribution is 2.28. The van der Waals surface area contributed by atoms with Crippen LogP contribution in [0.3, 0.4) is 0 Å². The smallest absolute Gasteiger partial charge is 0.333 e. The Labute approximate surface area is 150 Å². The van der Waals surface area contributed by atoms with Crippen molar-refractivity contribution in [1.82, 2.24) is 0 Å². The summed E-state index contributed by atoms with van der Waals surface area (Å²) in [4.78, 5) is 11.2. The second-order valence-corrected chi connectivity index (χ2v) is 7.74. The van der Waals surface area contributed by atoms with Crippen molar-refractivity contribution in [3.63, 3.8) is 0 Å². The lowest BCUT2D eigenvalue weighted by molar-refractivity contribution is -0.139. The summed E-state index contributed by atoms with van der Waals surface area (Å²) in [5, 5.41) is 0. The first-order valence-electron chi connectivity index (χ1n) is 10.5. The molecular formula is C22H40O2. The van der Waals surface area contributed by atoms with Gasteiger partial charge in [0, 0.05) is 5.57 Å². The van der Waals surface area contributed by atoms with Crippen molar-refractivity contribution in [2.75, 3.05) is 6.61 Å². The molecule has 2 heteroatoms. The largest absolute Gasteiger partial charge is 0.462 e. The average Bonchev–Trinajstić information content (AvgIpc) is 2.59. The van der Waals surface area contributed by atoms with Crippen LogP contribution in [0.15, 0.2) is 12.2 Å². The maximum atomic E-state index is 11.2. The number of hydrogen-bond acceptors (Lipinski definition) is 2. The van der Waals surface area contributed by atoms with Crippen LogP contribution in [0.4, 0.5) is 0 Å². The van der Waals surface area contributed by atoms with Crippen LogP contribution in [0.5, 0.6) is 0 Å². The molecule has 0 bridgehead atoms. The van der Waals surface area contributed by atoms with Gasteiger partial charge in [-0.2, -0.15) is 0 Å². The fraction of sp³-hybridized carbons (Fsp3) is 0.864. The first-order chi connectivity index (χ1) is 11.7. The maximum Gasteiger partial charge on any atom is 0.333 e. The molecule has 0 unspecified atom stereocenters.